The zero-order valence-electron chi connectivity index (χ0n) is 26.8. The zero-order chi connectivity index (χ0) is 33.0. The Balaban J connectivity index is 1.24. The Morgan fingerprint density at radius 1 is 0.306 bits per heavy atom. The van der Waals surface area contributed by atoms with Gasteiger partial charge in [0.15, 0.2) is 23.3 Å². The molecule has 5 aromatic carbocycles. The molecule has 0 bridgehead atoms. The van der Waals surface area contributed by atoms with Crippen molar-refractivity contribution in [1.82, 2.24) is 29.9 Å². The van der Waals surface area contributed by atoms with Crippen LogP contribution in [0.5, 0.6) is 0 Å². The molecule has 0 fully saturated rings. The van der Waals surface area contributed by atoms with Crippen LogP contribution in [0.2, 0.25) is 0 Å². The molecule has 0 aliphatic rings. The molecule has 0 radical (unpaired) electrons. The summed E-state index contributed by atoms with van der Waals surface area (Å²) in [6.45, 7) is 2.04. The molecule has 3 heterocycles. The van der Waals surface area contributed by atoms with Crippen LogP contribution in [-0.2, 0) is 0 Å². The van der Waals surface area contributed by atoms with Crippen LogP contribution in [0, 0.1) is 6.92 Å². The van der Waals surface area contributed by atoms with Gasteiger partial charge in [-0.25, -0.2) is 24.9 Å². The topological polar surface area (TPSA) is 77.3 Å². The third-order valence-corrected chi connectivity index (χ3v) is 8.29. The Morgan fingerprint density at radius 2 is 0.735 bits per heavy atom. The average Bonchev–Trinajstić information content (AvgIpc) is 3.19. The lowest BCUT2D eigenvalue weighted by Crippen LogP contribution is -2.00. The number of nitrogens with zero attached hydrogens (tertiary/aromatic N) is 6. The normalized spacial score (nSPS) is 11.0. The van der Waals surface area contributed by atoms with E-state index >= 15 is 0 Å². The maximum absolute atomic E-state index is 4.99. The molecule has 3 aromatic heterocycles. The molecule has 0 saturated heterocycles. The van der Waals surface area contributed by atoms with Gasteiger partial charge in [0, 0.05) is 45.9 Å². The standard InChI is InChI=1S/C43H30N6/c1-29-24-35(30-12-5-2-6-13-30)28-39(46-29)32-20-18-31(19-21-32)36-25-37(40-44-22-11-23-45-40)27-38(26-36)43-48-41(33-14-7-3-8-15-33)47-42(49-43)34-16-9-4-10-17-34/h2-28H,1H3. The highest BCUT2D eigenvalue weighted by Gasteiger charge is 2.16. The van der Waals surface area contributed by atoms with Crippen LogP contribution < -0.4 is 0 Å². The molecule has 6 heteroatoms. The maximum atomic E-state index is 4.99. The SMILES string of the molecule is Cc1cc(-c2ccccc2)cc(-c2ccc(-c3cc(-c4ncccn4)cc(-c4nc(-c5ccccc5)nc(-c5ccccc5)n4)c3)cc2)n1. The molecule has 8 aromatic rings. The third kappa shape index (κ3) is 6.48. The molecule has 0 atom stereocenters. The van der Waals surface area contributed by atoms with E-state index in [1.165, 1.54) is 5.56 Å². The molecule has 0 amide bonds. The Hall–Kier alpha value is -6.66. The fourth-order valence-electron chi connectivity index (χ4n) is 5.89. The zero-order valence-corrected chi connectivity index (χ0v) is 26.8. The first-order valence-electron chi connectivity index (χ1n) is 16.1. The van der Waals surface area contributed by atoms with Crippen molar-refractivity contribution in [2.75, 3.05) is 0 Å². The number of pyridine rings is 1. The number of aromatic nitrogens is 6. The van der Waals surface area contributed by atoms with Crippen LogP contribution >= 0.6 is 0 Å². The van der Waals surface area contributed by atoms with Gasteiger partial charge in [0.05, 0.1) is 5.69 Å². The predicted octanol–water partition coefficient (Wildman–Crippen LogP) is 10.0. The number of aryl methyl sites for hydroxylation is 1. The molecule has 6 nitrogen and oxygen atoms in total. The molecule has 8 rings (SSSR count). The largest absolute Gasteiger partial charge is 0.253 e. The van der Waals surface area contributed by atoms with Crippen LogP contribution in [-0.4, -0.2) is 29.9 Å². The van der Waals surface area contributed by atoms with Crippen LogP contribution in [0.4, 0.5) is 0 Å². The summed E-state index contributed by atoms with van der Waals surface area (Å²) in [6.07, 6.45) is 3.51. The van der Waals surface area contributed by atoms with Crippen molar-refractivity contribution in [3.8, 4) is 79.1 Å². The van der Waals surface area contributed by atoms with E-state index in [2.05, 4.69) is 82.8 Å². The van der Waals surface area contributed by atoms with Gasteiger partial charge in [-0.2, -0.15) is 0 Å². The summed E-state index contributed by atoms with van der Waals surface area (Å²) in [7, 11) is 0. The van der Waals surface area contributed by atoms with Gasteiger partial charge in [0.25, 0.3) is 0 Å². The smallest absolute Gasteiger partial charge is 0.164 e. The molecule has 0 spiro atoms. The number of rotatable bonds is 7. The molecular formula is C43H30N6. The Morgan fingerprint density at radius 3 is 1.31 bits per heavy atom. The van der Waals surface area contributed by atoms with E-state index in [1.54, 1.807) is 12.4 Å². The van der Waals surface area contributed by atoms with Crippen LogP contribution in [0.15, 0.2) is 164 Å². The summed E-state index contributed by atoms with van der Waals surface area (Å²) in [6, 6.07) is 51.3. The van der Waals surface area contributed by atoms with E-state index in [-0.39, 0.29) is 0 Å². The highest BCUT2D eigenvalue weighted by molar-refractivity contribution is 5.80. The van der Waals surface area contributed by atoms with Gasteiger partial charge in [0.1, 0.15) is 0 Å². The fourth-order valence-corrected chi connectivity index (χ4v) is 5.89. The lowest BCUT2D eigenvalue weighted by atomic mass is 9.97. The minimum atomic E-state index is 0.570. The molecule has 0 N–H and O–H groups in total. The van der Waals surface area contributed by atoms with Crippen LogP contribution in [0.25, 0.3) is 79.1 Å². The van der Waals surface area contributed by atoms with Crippen molar-refractivity contribution in [3.63, 3.8) is 0 Å². The van der Waals surface area contributed by atoms with Gasteiger partial charge < -0.3 is 0 Å². The Kier molecular flexibility index (Phi) is 8.02. The molecule has 0 aliphatic heterocycles. The van der Waals surface area contributed by atoms with Crippen molar-refractivity contribution < 1.29 is 0 Å². The first-order chi connectivity index (χ1) is 24.2. The van der Waals surface area contributed by atoms with Crippen molar-refractivity contribution >= 4 is 0 Å². The van der Waals surface area contributed by atoms with Crippen LogP contribution in [0.3, 0.4) is 0 Å². The minimum absolute atomic E-state index is 0.570. The second-order valence-corrected chi connectivity index (χ2v) is 11.7. The summed E-state index contributed by atoms with van der Waals surface area (Å²) in [5.41, 5.74) is 10.9. The van der Waals surface area contributed by atoms with E-state index in [0.29, 0.717) is 23.3 Å². The maximum Gasteiger partial charge on any atom is 0.164 e. The fraction of sp³-hybridized carbons (Fsp3) is 0.0233. The third-order valence-electron chi connectivity index (χ3n) is 8.29. The van der Waals surface area contributed by atoms with E-state index < -0.39 is 0 Å². The van der Waals surface area contributed by atoms with Gasteiger partial charge in [-0.3, -0.25) is 4.98 Å². The van der Waals surface area contributed by atoms with E-state index in [0.717, 1.165) is 55.9 Å². The quantitative estimate of drug-likeness (QED) is 0.174. The first-order valence-corrected chi connectivity index (χ1v) is 16.1. The second kappa shape index (κ2) is 13.2. The van der Waals surface area contributed by atoms with Crippen LogP contribution in [0.1, 0.15) is 5.69 Å². The molecular weight excluding hydrogens is 601 g/mol. The van der Waals surface area contributed by atoms with Gasteiger partial charge in [-0.05, 0) is 65.6 Å². The monoisotopic (exact) mass is 630 g/mol. The summed E-state index contributed by atoms with van der Waals surface area (Å²) in [5, 5.41) is 0. The van der Waals surface area contributed by atoms with Gasteiger partial charge in [0.2, 0.25) is 0 Å². The highest BCUT2D eigenvalue weighted by Crippen LogP contribution is 2.34. The summed E-state index contributed by atoms with van der Waals surface area (Å²) >= 11 is 0. The number of benzene rings is 5. The van der Waals surface area contributed by atoms with Crippen molar-refractivity contribution in [3.05, 3.63) is 170 Å². The second-order valence-electron chi connectivity index (χ2n) is 11.7. The lowest BCUT2D eigenvalue weighted by molar-refractivity contribution is 1.07. The van der Waals surface area contributed by atoms with E-state index in [1.807, 2.05) is 85.8 Å². The minimum Gasteiger partial charge on any atom is -0.253 e. The Labute approximate surface area is 285 Å². The molecule has 0 saturated carbocycles. The lowest BCUT2D eigenvalue weighted by Gasteiger charge is -2.12. The Bertz CT molecular complexity index is 2300. The summed E-state index contributed by atoms with van der Waals surface area (Å²) in [4.78, 5) is 28.9. The summed E-state index contributed by atoms with van der Waals surface area (Å²) in [5.74, 6) is 2.41. The molecule has 0 aliphatic carbocycles. The first kappa shape index (κ1) is 29.7. The number of hydrogen-bond donors (Lipinski definition) is 0. The van der Waals surface area contributed by atoms with Crippen molar-refractivity contribution in [2.45, 2.75) is 6.92 Å². The molecule has 49 heavy (non-hydrogen) atoms. The summed E-state index contributed by atoms with van der Waals surface area (Å²) < 4.78 is 0. The van der Waals surface area contributed by atoms with Gasteiger partial charge in [-0.1, -0.05) is 115 Å². The van der Waals surface area contributed by atoms with Crippen molar-refractivity contribution in [2.24, 2.45) is 0 Å². The van der Waals surface area contributed by atoms with Gasteiger partial charge >= 0.3 is 0 Å². The van der Waals surface area contributed by atoms with Gasteiger partial charge in [-0.15, -0.1) is 0 Å². The highest BCUT2D eigenvalue weighted by atomic mass is 15.0. The predicted molar refractivity (Wildman–Crippen MR) is 196 cm³/mol. The van der Waals surface area contributed by atoms with E-state index in [9.17, 15) is 0 Å². The van der Waals surface area contributed by atoms with Crippen molar-refractivity contribution in [1.29, 1.82) is 0 Å². The van der Waals surface area contributed by atoms with E-state index in [4.69, 9.17) is 19.9 Å². The molecule has 0 unspecified atom stereocenters. The molecule has 232 valence electrons. The number of hydrogen-bond acceptors (Lipinski definition) is 6. The average molecular weight is 631 g/mol.